The van der Waals surface area contributed by atoms with Crippen molar-refractivity contribution in [1.29, 1.82) is 4.78 Å². The summed E-state index contributed by atoms with van der Waals surface area (Å²) in [7, 11) is -6.48. The highest BCUT2D eigenvalue weighted by Crippen LogP contribution is 2.20. The summed E-state index contributed by atoms with van der Waals surface area (Å²) in [6.07, 6.45) is 4.43. The van der Waals surface area contributed by atoms with Crippen LogP contribution in [0, 0.1) is 4.78 Å². The van der Waals surface area contributed by atoms with Crippen LogP contribution in [0.5, 0.6) is 0 Å². The van der Waals surface area contributed by atoms with E-state index in [2.05, 4.69) is 9.71 Å². The Morgan fingerprint density at radius 2 is 2.13 bits per heavy atom. The largest absolute Gasteiger partial charge is 0.318 e. The Bertz CT molecular complexity index is 946. The van der Waals surface area contributed by atoms with Crippen LogP contribution >= 0.6 is 0 Å². The first-order valence-corrected chi connectivity index (χ1v) is 10.6. The fourth-order valence-electron chi connectivity index (χ4n) is 2.59. The molecule has 23 heavy (non-hydrogen) atoms. The molecule has 9 heteroatoms. The lowest BCUT2D eigenvalue weighted by atomic mass is 10.2. The number of aromatic nitrogens is 2. The van der Waals surface area contributed by atoms with E-state index in [1.807, 2.05) is 0 Å². The van der Waals surface area contributed by atoms with E-state index in [0.29, 0.717) is 17.0 Å². The van der Waals surface area contributed by atoms with Crippen LogP contribution in [0.3, 0.4) is 0 Å². The van der Waals surface area contributed by atoms with Gasteiger partial charge < -0.3 is 4.57 Å². The first kappa shape index (κ1) is 16.2. The number of imidazole rings is 1. The zero-order valence-corrected chi connectivity index (χ0v) is 14.3. The third-order valence-corrected chi connectivity index (χ3v) is 6.33. The van der Waals surface area contributed by atoms with Gasteiger partial charge in [0.2, 0.25) is 0 Å². The fourth-order valence-corrected chi connectivity index (χ4v) is 4.49. The van der Waals surface area contributed by atoms with Crippen molar-refractivity contribution >= 4 is 19.8 Å². The van der Waals surface area contributed by atoms with Crippen molar-refractivity contribution in [2.45, 2.75) is 35.9 Å². The molecule has 1 aromatic carbocycles. The van der Waals surface area contributed by atoms with Crippen LogP contribution in [-0.2, 0) is 39.3 Å². The summed E-state index contributed by atoms with van der Waals surface area (Å²) in [6.45, 7) is 0.740. The minimum Gasteiger partial charge on any atom is -0.318 e. The summed E-state index contributed by atoms with van der Waals surface area (Å²) in [6, 6.07) is 6.61. The van der Waals surface area contributed by atoms with Crippen LogP contribution in [0.1, 0.15) is 17.8 Å². The maximum Gasteiger partial charge on any atom is 0.258 e. The van der Waals surface area contributed by atoms with Crippen molar-refractivity contribution in [2.24, 2.45) is 0 Å². The van der Waals surface area contributed by atoms with E-state index >= 15 is 0 Å². The van der Waals surface area contributed by atoms with Gasteiger partial charge >= 0.3 is 0 Å². The summed E-state index contributed by atoms with van der Waals surface area (Å²) in [4.78, 5) is 4.53. The van der Waals surface area contributed by atoms with E-state index in [4.69, 9.17) is 4.78 Å². The number of sulfonamides is 1. The van der Waals surface area contributed by atoms with Gasteiger partial charge in [0, 0.05) is 30.7 Å². The molecule has 0 spiro atoms. The normalized spacial score (nSPS) is 16.9. The van der Waals surface area contributed by atoms with E-state index in [0.717, 1.165) is 18.7 Å². The molecule has 0 aliphatic carbocycles. The molecule has 0 fully saturated rings. The van der Waals surface area contributed by atoms with Crippen molar-refractivity contribution in [3.63, 3.8) is 0 Å². The van der Waals surface area contributed by atoms with Gasteiger partial charge in [0.1, 0.15) is 5.82 Å². The third kappa shape index (κ3) is 3.31. The Labute approximate surface area is 135 Å². The highest BCUT2D eigenvalue weighted by Gasteiger charge is 2.24. The monoisotopic (exact) mass is 354 g/mol. The molecule has 0 bridgehead atoms. The van der Waals surface area contributed by atoms with Gasteiger partial charge in [-0.3, -0.25) is 0 Å². The van der Waals surface area contributed by atoms with Gasteiger partial charge in [-0.05, 0) is 24.1 Å². The number of benzene rings is 1. The van der Waals surface area contributed by atoms with Crippen molar-refractivity contribution in [2.75, 3.05) is 6.26 Å². The number of fused-ring (bicyclic) bond motifs is 1. The smallest absolute Gasteiger partial charge is 0.258 e. The summed E-state index contributed by atoms with van der Waals surface area (Å²) < 4.78 is 48.5. The van der Waals surface area contributed by atoms with Gasteiger partial charge in [-0.25, -0.2) is 27.1 Å². The molecular weight excluding hydrogens is 336 g/mol. The molecule has 1 aliphatic rings. The predicted molar refractivity (Wildman–Crippen MR) is 86.1 cm³/mol. The maximum atomic E-state index is 12.4. The highest BCUT2D eigenvalue weighted by atomic mass is 32.2. The number of nitrogens with zero attached hydrogens (tertiary/aromatic N) is 2. The Balaban J connectivity index is 1.80. The molecule has 0 saturated carbocycles. The molecule has 3 rings (SSSR count). The van der Waals surface area contributed by atoms with E-state index in [-0.39, 0.29) is 11.6 Å². The van der Waals surface area contributed by atoms with E-state index < -0.39 is 19.8 Å². The van der Waals surface area contributed by atoms with Crippen LogP contribution in [0.4, 0.5) is 0 Å². The fraction of sp³-hybridized carbons (Fsp3) is 0.357. The van der Waals surface area contributed by atoms with Crippen LogP contribution < -0.4 is 4.72 Å². The van der Waals surface area contributed by atoms with Gasteiger partial charge in [0.15, 0.2) is 5.03 Å². The van der Waals surface area contributed by atoms with Gasteiger partial charge in [-0.15, -0.1) is 0 Å². The standard InChI is InChI=1S/C14H18N4O3S2/c1-22(15,19)12-5-2-4-11(8-12)9-17-23(20,21)14-10-16-13-6-3-7-18(13)14/h2,4-5,8,10,15,17H,3,6-7,9H2,1H3. The number of aryl methyl sites for hydroxylation is 1. The molecule has 2 aromatic rings. The Morgan fingerprint density at radius 3 is 2.87 bits per heavy atom. The number of hydrogen-bond acceptors (Lipinski definition) is 5. The molecule has 0 amide bonds. The summed E-state index contributed by atoms with van der Waals surface area (Å²) >= 11 is 0. The van der Waals surface area contributed by atoms with E-state index in [1.54, 1.807) is 28.8 Å². The second-order valence-electron chi connectivity index (χ2n) is 5.58. The quantitative estimate of drug-likeness (QED) is 0.845. The van der Waals surface area contributed by atoms with Gasteiger partial charge in [-0.1, -0.05) is 12.1 Å². The van der Waals surface area contributed by atoms with Crippen LogP contribution in [0.25, 0.3) is 0 Å². The van der Waals surface area contributed by atoms with Gasteiger partial charge in [-0.2, -0.15) is 0 Å². The zero-order valence-electron chi connectivity index (χ0n) is 12.7. The van der Waals surface area contributed by atoms with Crippen molar-refractivity contribution in [3.05, 3.63) is 41.9 Å². The minimum atomic E-state index is -3.66. The SMILES string of the molecule is CS(=N)(=O)c1cccc(CNS(=O)(=O)c2cnc3n2CCC3)c1. The molecule has 2 heterocycles. The first-order valence-electron chi connectivity index (χ1n) is 7.14. The Kier molecular flexibility index (Phi) is 4.03. The first-order chi connectivity index (χ1) is 10.8. The molecule has 1 aliphatic heterocycles. The van der Waals surface area contributed by atoms with Crippen molar-refractivity contribution < 1.29 is 12.6 Å². The van der Waals surface area contributed by atoms with Crippen molar-refractivity contribution in [3.8, 4) is 0 Å². The molecule has 124 valence electrons. The topological polar surface area (TPSA) is 105 Å². The molecule has 1 aromatic heterocycles. The molecule has 0 saturated heterocycles. The molecule has 0 radical (unpaired) electrons. The maximum absolute atomic E-state index is 12.4. The summed E-state index contributed by atoms with van der Waals surface area (Å²) in [5.74, 6) is 0.798. The summed E-state index contributed by atoms with van der Waals surface area (Å²) in [5, 5.41) is 0.181. The molecule has 1 unspecified atom stereocenters. The predicted octanol–water partition coefficient (Wildman–Crippen LogP) is 1.34. The summed E-state index contributed by atoms with van der Waals surface area (Å²) in [5.41, 5.74) is 0.661. The van der Waals surface area contributed by atoms with E-state index in [9.17, 15) is 12.6 Å². The van der Waals surface area contributed by atoms with Crippen LogP contribution in [0.15, 0.2) is 40.4 Å². The van der Waals surface area contributed by atoms with Gasteiger partial charge in [0.05, 0.1) is 15.9 Å². The number of hydrogen-bond donors (Lipinski definition) is 2. The average molecular weight is 354 g/mol. The second-order valence-corrected chi connectivity index (χ2v) is 9.46. The lowest BCUT2D eigenvalue weighted by Crippen LogP contribution is -2.25. The molecule has 7 nitrogen and oxygen atoms in total. The van der Waals surface area contributed by atoms with Gasteiger partial charge in [0.25, 0.3) is 10.0 Å². The van der Waals surface area contributed by atoms with Crippen LogP contribution in [-0.4, -0.2) is 28.4 Å². The second kappa shape index (κ2) is 5.73. The van der Waals surface area contributed by atoms with E-state index in [1.165, 1.54) is 12.5 Å². The van der Waals surface area contributed by atoms with Crippen LogP contribution in [0.2, 0.25) is 0 Å². The molecule has 1 atom stereocenters. The number of nitrogens with one attached hydrogen (secondary N) is 2. The lowest BCUT2D eigenvalue weighted by molar-refractivity contribution is 0.564. The lowest BCUT2D eigenvalue weighted by Gasteiger charge is -2.09. The molecule has 2 N–H and O–H groups in total. The Hall–Kier alpha value is -1.71. The Morgan fingerprint density at radius 1 is 1.35 bits per heavy atom. The molecular formula is C14H18N4O3S2. The number of rotatable bonds is 5. The highest BCUT2D eigenvalue weighted by molar-refractivity contribution is 7.91. The van der Waals surface area contributed by atoms with Crippen molar-refractivity contribution in [1.82, 2.24) is 14.3 Å². The third-order valence-electron chi connectivity index (χ3n) is 3.77. The zero-order chi connectivity index (χ0) is 16.7. The minimum absolute atomic E-state index is 0.0756. The average Bonchev–Trinajstić information content (AvgIpc) is 3.07.